The summed E-state index contributed by atoms with van der Waals surface area (Å²) in [6, 6.07) is 7.52. The molecule has 19 heavy (non-hydrogen) atoms. The molecule has 0 aromatic carbocycles. The van der Waals surface area contributed by atoms with Crippen LogP contribution in [0.2, 0.25) is 0 Å². The van der Waals surface area contributed by atoms with E-state index in [1.54, 1.807) is 12.5 Å². The van der Waals surface area contributed by atoms with Crippen molar-refractivity contribution in [2.45, 2.75) is 25.4 Å². The molecule has 2 aromatic heterocycles. The summed E-state index contributed by atoms with van der Waals surface area (Å²) in [6.45, 7) is 2.02. The van der Waals surface area contributed by atoms with E-state index in [0.717, 1.165) is 17.2 Å². The van der Waals surface area contributed by atoms with E-state index in [9.17, 15) is 5.21 Å². The van der Waals surface area contributed by atoms with Crippen LogP contribution in [-0.4, -0.2) is 10.9 Å². The molecule has 3 heterocycles. The van der Waals surface area contributed by atoms with Gasteiger partial charge in [-0.1, -0.05) is 12.1 Å². The largest absolute Gasteiger partial charge is 0.468 e. The van der Waals surface area contributed by atoms with Crippen molar-refractivity contribution in [1.82, 2.24) is 5.32 Å². The smallest absolute Gasteiger partial charge is 0.121 e. The number of hydrogen-bond acceptors (Lipinski definition) is 5. The second kappa shape index (κ2) is 4.93. The Balaban J connectivity index is 1.91. The maximum Gasteiger partial charge on any atom is 0.121 e. The lowest BCUT2D eigenvalue weighted by Crippen LogP contribution is -2.41. The average molecular weight is 260 g/mol. The van der Waals surface area contributed by atoms with Gasteiger partial charge in [-0.3, -0.25) is 5.32 Å². The van der Waals surface area contributed by atoms with Gasteiger partial charge in [0.05, 0.1) is 30.3 Å². The molecule has 1 fully saturated rings. The van der Waals surface area contributed by atoms with Crippen LogP contribution in [0.1, 0.15) is 36.9 Å². The van der Waals surface area contributed by atoms with Crippen LogP contribution in [0.5, 0.6) is 0 Å². The van der Waals surface area contributed by atoms with Crippen LogP contribution in [0, 0.1) is 5.92 Å². The zero-order valence-electron chi connectivity index (χ0n) is 10.6. The highest BCUT2D eigenvalue weighted by Gasteiger charge is 2.36. The van der Waals surface area contributed by atoms with E-state index in [0.29, 0.717) is 6.42 Å². The topological polar surface area (TPSA) is 70.9 Å². The first-order valence-electron chi connectivity index (χ1n) is 6.33. The highest BCUT2D eigenvalue weighted by atomic mass is 16.4. The Morgan fingerprint density at radius 2 is 1.89 bits per heavy atom. The first kappa shape index (κ1) is 12.0. The number of nitrogens with one attached hydrogen (secondary N) is 1. The van der Waals surface area contributed by atoms with Gasteiger partial charge in [0.1, 0.15) is 11.5 Å². The predicted octanol–water partition coefficient (Wildman–Crippen LogP) is 3.11. The van der Waals surface area contributed by atoms with Gasteiger partial charge < -0.3 is 14.0 Å². The summed E-state index contributed by atoms with van der Waals surface area (Å²) < 4.78 is 10.9. The van der Waals surface area contributed by atoms with Crippen LogP contribution in [0.3, 0.4) is 0 Å². The summed E-state index contributed by atoms with van der Waals surface area (Å²) in [6.07, 6.45) is 3.92. The van der Waals surface area contributed by atoms with Crippen molar-refractivity contribution < 1.29 is 14.0 Å². The first-order chi connectivity index (χ1) is 9.29. The summed E-state index contributed by atoms with van der Waals surface area (Å²) in [5.41, 5.74) is 0.751. The molecule has 1 aliphatic heterocycles. The van der Waals surface area contributed by atoms with E-state index in [4.69, 9.17) is 8.83 Å². The molecule has 2 N–H and O–H groups in total. The molecular weight excluding hydrogens is 244 g/mol. The van der Waals surface area contributed by atoms with Gasteiger partial charge in [0.25, 0.3) is 0 Å². The van der Waals surface area contributed by atoms with Crippen molar-refractivity contribution in [2.24, 2.45) is 11.1 Å². The van der Waals surface area contributed by atoms with E-state index in [2.05, 4.69) is 10.5 Å². The molecule has 0 amide bonds. The van der Waals surface area contributed by atoms with Gasteiger partial charge in [-0.15, -0.1) is 0 Å². The number of oxime groups is 1. The maximum atomic E-state index is 9.19. The monoisotopic (exact) mass is 260 g/mol. The highest BCUT2D eigenvalue weighted by Crippen LogP contribution is 2.35. The number of nitrogens with zero attached hydrogens (tertiary/aromatic N) is 1. The van der Waals surface area contributed by atoms with Gasteiger partial charge in [-0.25, -0.2) is 0 Å². The van der Waals surface area contributed by atoms with Crippen molar-refractivity contribution in [2.75, 3.05) is 0 Å². The third kappa shape index (κ3) is 2.17. The zero-order chi connectivity index (χ0) is 13.2. The van der Waals surface area contributed by atoms with Crippen molar-refractivity contribution >= 4 is 5.71 Å². The van der Waals surface area contributed by atoms with Gasteiger partial charge in [-0.05, 0) is 24.3 Å². The molecular formula is C14H16N2O3. The second-order valence-corrected chi connectivity index (χ2v) is 4.81. The Bertz CT molecular complexity index is 545. The van der Waals surface area contributed by atoms with Crippen LogP contribution < -0.4 is 5.32 Å². The van der Waals surface area contributed by atoms with Crippen LogP contribution in [0.25, 0.3) is 0 Å². The van der Waals surface area contributed by atoms with Crippen molar-refractivity contribution in [3.63, 3.8) is 0 Å². The molecule has 3 atom stereocenters. The lowest BCUT2D eigenvalue weighted by atomic mass is 9.85. The Kier molecular flexibility index (Phi) is 3.13. The molecule has 0 radical (unpaired) electrons. The first-order valence-corrected chi connectivity index (χ1v) is 6.33. The number of hydrogen-bond donors (Lipinski definition) is 2. The van der Waals surface area contributed by atoms with Crippen LogP contribution >= 0.6 is 0 Å². The molecule has 0 saturated carbocycles. The van der Waals surface area contributed by atoms with Gasteiger partial charge in [0, 0.05) is 12.3 Å². The van der Waals surface area contributed by atoms with E-state index >= 15 is 0 Å². The Morgan fingerprint density at radius 3 is 2.47 bits per heavy atom. The summed E-state index contributed by atoms with van der Waals surface area (Å²) >= 11 is 0. The van der Waals surface area contributed by atoms with E-state index in [1.165, 1.54) is 0 Å². The van der Waals surface area contributed by atoms with Crippen LogP contribution in [0.4, 0.5) is 0 Å². The third-order valence-corrected chi connectivity index (χ3v) is 3.68. The number of rotatable bonds is 2. The Hall–Kier alpha value is -2.01. The normalized spacial score (nSPS) is 29.7. The molecule has 1 aliphatic rings. The quantitative estimate of drug-likeness (QED) is 0.643. The van der Waals surface area contributed by atoms with Crippen molar-refractivity contribution in [3.8, 4) is 0 Å². The lowest BCUT2D eigenvalue weighted by molar-refractivity contribution is 0.267. The third-order valence-electron chi connectivity index (χ3n) is 3.68. The Morgan fingerprint density at radius 1 is 1.21 bits per heavy atom. The molecule has 5 heteroatoms. The average Bonchev–Trinajstić information content (AvgIpc) is 3.12. The molecule has 3 rings (SSSR count). The van der Waals surface area contributed by atoms with Gasteiger partial charge >= 0.3 is 0 Å². The second-order valence-electron chi connectivity index (χ2n) is 4.81. The molecule has 1 saturated heterocycles. The SMILES string of the molecule is CC1C(=NO)CC(c2ccco2)NC1c1ccco1. The highest BCUT2D eigenvalue weighted by molar-refractivity contribution is 5.88. The Labute approximate surface area is 110 Å². The minimum absolute atomic E-state index is 0.00722. The minimum atomic E-state index is -0.0234. The molecule has 100 valence electrons. The van der Waals surface area contributed by atoms with E-state index < -0.39 is 0 Å². The summed E-state index contributed by atoms with van der Waals surface area (Å²) in [5, 5.41) is 16.1. The van der Waals surface area contributed by atoms with Crippen molar-refractivity contribution in [3.05, 3.63) is 48.3 Å². The molecule has 5 nitrogen and oxygen atoms in total. The predicted molar refractivity (Wildman–Crippen MR) is 69.0 cm³/mol. The standard InChI is InChI=1S/C14H16N2O3/c1-9-10(16-17)8-11(12-4-2-6-18-12)15-14(9)13-5-3-7-19-13/h2-7,9,11,14-15,17H,8H2,1H3. The zero-order valence-corrected chi connectivity index (χ0v) is 10.6. The summed E-state index contributed by atoms with van der Waals surface area (Å²) in [4.78, 5) is 0. The van der Waals surface area contributed by atoms with Gasteiger partial charge in [0.15, 0.2) is 0 Å². The van der Waals surface area contributed by atoms with Crippen LogP contribution in [-0.2, 0) is 0 Å². The van der Waals surface area contributed by atoms with E-state index in [-0.39, 0.29) is 18.0 Å². The summed E-state index contributed by atoms with van der Waals surface area (Å²) in [5.74, 6) is 1.75. The fourth-order valence-corrected chi connectivity index (χ4v) is 2.61. The molecule has 0 bridgehead atoms. The number of furan rings is 2. The fraction of sp³-hybridized carbons (Fsp3) is 0.357. The van der Waals surface area contributed by atoms with Gasteiger partial charge in [-0.2, -0.15) is 0 Å². The molecule has 2 aromatic rings. The molecule has 0 aliphatic carbocycles. The minimum Gasteiger partial charge on any atom is -0.468 e. The molecule has 0 spiro atoms. The van der Waals surface area contributed by atoms with Crippen LogP contribution in [0.15, 0.2) is 50.8 Å². The molecule has 3 unspecified atom stereocenters. The summed E-state index contributed by atoms with van der Waals surface area (Å²) in [7, 11) is 0. The van der Waals surface area contributed by atoms with Gasteiger partial charge in [0.2, 0.25) is 0 Å². The van der Waals surface area contributed by atoms with Crippen molar-refractivity contribution in [1.29, 1.82) is 0 Å². The fourth-order valence-electron chi connectivity index (χ4n) is 2.61. The number of piperidine rings is 1. The maximum absolute atomic E-state index is 9.19. The van der Waals surface area contributed by atoms with E-state index in [1.807, 2.05) is 31.2 Å². The lowest BCUT2D eigenvalue weighted by Gasteiger charge is -2.34.